The molecular weight excluding hydrogens is 448 g/mol. The van der Waals surface area contributed by atoms with E-state index in [1.807, 2.05) is 4.72 Å². The number of anilines is 1. The molecule has 10 heteroatoms. The second-order valence-electron chi connectivity index (χ2n) is 6.17. The van der Waals surface area contributed by atoms with Gasteiger partial charge in [0.05, 0.1) is 15.3 Å². The van der Waals surface area contributed by atoms with E-state index in [2.05, 4.69) is 5.32 Å². The van der Waals surface area contributed by atoms with Crippen molar-refractivity contribution in [3.8, 4) is 11.1 Å². The Bertz CT molecular complexity index is 1410. The van der Waals surface area contributed by atoms with Gasteiger partial charge in [0.15, 0.2) is 5.43 Å². The van der Waals surface area contributed by atoms with Crippen LogP contribution in [0.4, 0.5) is 10.5 Å². The lowest BCUT2D eigenvalue weighted by molar-refractivity contribution is 0.256. The van der Waals surface area contributed by atoms with Gasteiger partial charge in [-0.2, -0.15) is 0 Å². The van der Waals surface area contributed by atoms with Crippen LogP contribution < -0.4 is 15.5 Å². The van der Waals surface area contributed by atoms with Gasteiger partial charge in [0.1, 0.15) is 16.1 Å². The molecule has 0 unspecified atom stereocenters. The average Bonchev–Trinajstić information content (AvgIpc) is 3.16. The van der Waals surface area contributed by atoms with Crippen molar-refractivity contribution in [2.24, 2.45) is 0 Å². The lowest BCUT2D eigenvalue weighted by Crippen LogP contribution is -2.33. The third kappa shape index (κ3) is 4.09. The average molecular weight is 461 g/mol. The van der Waals surface area contributed by atoms with Crippen LogP contribution in [-0.4, -0.2) is 14.4 Å². The van der Waals surface area contributed by atoms with Crippen molar-refractivity contribution < 1.29 is 17.6 Å². The Hall–Kier alpha value is -3.14. The highest BCUT2D eigenvalue weighted by molar-refractivity contribution is 7.92. The molecule has 2 aromatic carbocycles. The first-order valence-electron chi connectivity index (χ1n) is 8.53. The van der Waals surface area contributed by atoms with Crippen LogP contribution >= 0.6 is 22.9 Å². The summed E-state index contributed by atoms with van der Waals surface area (Å²) in [4.78, 5) is 24.7. The molecule has 0 saturated heterocycles. The topological polar surface area (TPSA) is 105 Å². The van der Waals surface area contributed by atoms with Gasteiger partial charge in [-0.25, -0.2) is 17.9 Å². The van der Waals surface area contributed by atoms with Crippen LogP contribution in [0.1, 0.15) is 0 Å². The molecule has 2 heterocycles. The molecule has 152 valence electrons. The molecule has 2 N–H and O–H groups in total. The van der Waals surface area contributed by atoms with Gasteiger partial charge in [0.25, 0.3) is 10.0 Å². The molecule has 7 nitrogen and oxygen atoms in total. The van der Waals surface area contributed by atoms with Crippen LogP contribution in [-0.2, 0) is 10.0 Å². The minimum Gasteiger partial charge on any atom is -0.463 e. The number of hydrogen-bond donors (Lipinski definition) is 2. The highest BCUT2D eigenvalue weighted by atomic mass is 35.5. The fourth-order valence-corrected chi connectivity index (χ4v) is 5.17. The number of hydrogen-bond acceptors (Lipinski definition) is 6. The summed E-state index contributed by atoms with van der Waals surface area (Å²) in [6.45, 7) is 0. The zero-order valence-corrected chi connectivity index (χ0v) is 17.5. The predicted octanol–water partition coefficient (Wildman–Crippen LogP) is 4.69. The molecule has 0 fully saturated rings. The van der Waals surface area contributed by atoms with E-state index in [0.717, 1.165) is 11.3 Å². The van der Waals surface area contributed by atoms with Crippen LogP contribution in [0.2, 0.25) is 4.34 Å². The lowest BCUT2D eigenvalue weighted by atomic mass is 10.1. The zero-order chi connectivity index (χ0) is 21.3. The van der Waals surface area contributed by atoms with Crippen molar-refractivity contribution in [2.75, 3.05) is 5.32 Å². The first kappa shape index (κ1) is 20.1. The first-order valence-corrected chi connectivity index (χ1v) is 11.2. The second kappa shape index (κ2) is 7.94. The summed E-state index contributed by atoms with van der Waals surface area (Å²) in [5.41, 5.74) is 1.65. The molecule has 0 aliphatic carbocycles. The number of fused-ring (bicyclic) bond motifs is 1. The summed E-state index contributed by atoms with van der Waals surface area (Å²) in [6.07, 6.45) is 1.39. The second-order valence-corrected chi connectivity index (χ2v) is 9.79. The van der Waals surface area contributed by atoms with Crippen LogP contribution in [0.25, 0.3) is 22.1 Å². The fourth-order valence-electron chi connectivity index (χ4n) is 2.78. The molecule has 2 amide bonds. The summed E-state index contributed by atoms with van der Waals surface area (Å²) in [7, 11) is -4.02. The summed E-state index contributed by atoms with van der Waals surface area (Å²) in [5, 5.41) is 2.91. The van der Waals surface area contributed by atoms with E-state index < -0.39 is 16.1 Å². The number of halogens is 1. The van der Waals surface area contributed by atoms with Gasteiger partial charge < -0.3 is 9.73 Å². The first-order chi connectivity index (χ1) is 14.3. The van der Waals surface area contributed by atoms with Crippen LogP contribution in [0.5, 0.6) is 0 Å². The number of sulfonamides is 1. The molecule has 4 aromatic rings. The summed E-state index contributed by atoms with van der Waals surface area (Å²) >= 11 is 6.58. The van der Waals surface area contributed by atoms with E-state index in [1.165, 1.54) is 18.4 Å². The standard InChI is InChI=1S/C20H13ClN2O5S2/c21-17-9-10-18(29-17)30(26,27)23-20(25)22-13-7-5-12(6-8-13)15-11-28-16-4-2-1-3-14(16)19(15)24/h1-11H,(H2,22,23,25). The quantitative estimate of drug-likeness (QED) is 0.459. The fraction of sp³-hybridized carbons (Fsp3) is 0. The molecule has 0 saturated carbocycles. The minimum atomic E-state index is -4.02. The van der Waals surface area contributed by atoms with Gasteiger partial charge in [-0.3, -0.25) is 4.79 Å². The minimum absolute atomic E-state index is 0.0685. The molecular formula is C20H13ClN2O5S2. The maximum Gasteiger partial charge on any atom is 0.333 e. The van der Waals surface area contributed by atoms with Crippen molar-refractivity contribution in [3.63, 3.8) is 0 Å². The molecule has 4 rings (SSSR count). The molecule has 0 bridgehead atoms. The smallest absolute Gasteiger partial charge is 0.333 e. The van der Waals surface area contributed by atoms with Crippen molar-refractivity contribution in [2.45, 2.75) is 4.21 Å². The van der Waals surface area contributed by atoms with Gasteiger partial charge in [-0.05, 0) is 42.0 Å². The Labute approximate surface area is 180 Å². The van der Waals surface area contributed by atoms with Crippen LogP contribution in [0, 0.1) is 0 Å². The van der Waals surface area contributed by atoms with E-state index >= 15 is 0 Å². The Morgan fingerprint density at radius 3 is 2.43 bits per heavy atom. The number of carbonyl (C=O) groups excluding carboxylic acids is 1. The van der Waals surface area contributed by atoms with Gasteiger partial charge in [-0.1, -0.05) is 35.9 Å². The van der Waals surface area contributed by atoms with E-state index in [9.17, 15) is 18.0 Å². The normalized spacial score (nSPS) is 11.4. The number of para-hydroxylation sites is 1. The third-order valence-corrected chi connectivity index (χ3v) is 7.23. The Morgan fingerprint density at radius 2 is 1.73 bits per heavy atom. The maximum absolute atomic E-state index is 12.7. The number of urea groups is 1. The van der Waals surface area contributed by atoms with Gasteiger partial charge >= 0.3 is 6.03 Å². The Balaban J connectivity index is 1.51. The highest BCUT2D eigenvalue weighted by Gasteiger charge is 2.20. The number of carbonyl (C=O) groups is 1. The Kier molecular flexibility index (Phi) is 5.33. The SMILES string of the molecule is O=C(Nc1ccc(-c2coc3ccccc3c2=O)cc1)NS(=O)(=O)c1ccc(Cl)s1. The van der Waals surface area contributed by atoms with E-state index in [1.54, 1.807) is 48.5 Å². The summed E-state index contributed by atoms with van der Waals surface area (Å²) in [6, 6.07) is 15.1. The van der Waals surface area contributed by atoms with E-state index in [0.29, 0.717) is 32.1 Å². The molecule has 0 aliphatic rings. The largest absolute Gasteiger partial charge is 0.463 e. The lowest BCUT2D eigenvalue weighted by Gasteiger charge is -2.08. The molecule has 0 atom stereocenters. The molecule has 0 spiro atoms. The van der Waals surface area contributed by atoms with Gasteiger partial charge in [0.2, 0.25) is 0 Å². The van der Waals surface area contributed by atoms with Crippen molar-refractivity contribution in [3.05, 3.63) is 81.5 Å². The summed E-state index contributed by atoms with van der Waals surface area (Å²) < 4.78 is 32.0. The van der Waals surface area contributed by atoms with Crippen molar-refractivity contribution in [1.29, 1.82) is 0 Å². The zero-order valence-electron chi connectivity index (χ0n) is 15.1. The van der Waals surface area contributed by atoms with Gasteiger partial charge in [-0.15, -0.1) is 11.3 Å². The predicted molar refractivity (Wildman–Crippen MR) is 117 cm³/mol. The number of nitrogens with one attached hydrogen (secondary N) is 2. The van der Waals surface area contributed by atoms with E-state index in [-0.39, 0.29) is 9.64 Å². The van der Waals surface area contributed by atoms with Crippen LogP contribution in [0.3, 0.4) is 0 Å². The van der Waals surface area contributed by atoms with Crippen molar-refractivity contribution >= 4 is 55.6 Å². The number of thiophene rings is 1. The third-order valence-electron chi connectivity index (χ3n) is 4.17. The van der Waals surface area contributed by atoms with E-state index in [4.69, 9.17) is 16.0 Å². The van der Waals surface area contributed by atoms with Gasteiger partial charge in [0, 0.05) is 5.69 Å². The monoisotopic (exact) mass is 460 g/mol. The summed E-state index contributed by atoms with van der Waals surface area (Å²) in [5.74, 6) is 0. The highest BCUT2D eigenvalue weighted by Crippen LogP contribution is 2.25. The van der Waals surface area contributed by atoms with Crippen molar-refractivity contribution in [1.82, 2.24) is 4.72 Å². The maximum atomic E-state index is 12.7. The molecule has 0 aliphatic heterocycles. The molecule has 30 heavy (non-hydrogen) atoms. The molecule has 0 radical (unpaired) electrons. The number of rotatable bonds is 4. The molecule has 2 aromatic heterocycles. The number of amides is 2. The van der Waals surface area contributed by atoms with Crippen LogP contribution in [0.15, 0.2) is 80.3 Å². The Morgan fingerprint density at radius 1 is 1.00 bits per heavy atom. The number of benzene rings is 2.